The molecule has 0 saturated carbocycles. The molecule has 0 amide bonds. The van der Waals surface area contributed by atoms with E-state index in [0.29, 0.717) is 4.99 Å². The Labute approximate surface area is 112 Å². The molecule has 94 valence electrons. The molecule has 1 aromatic rings. The molecule has 0 fully saturated rings. The van der Waals surface area contributed by atoms with E-state index in [0.717, 1.165) is 29.3 Å². The van der Waals surface area contributed by atoms with Crippen LogP contribution in [0.5, 0.6) is 5.75 Å². The van der Waals surface area contributed by atoms with Gasteiger partial charge in [-0.15, -0.1) is 0 Å². The summed E-state index contributed by atoms with van der Waals surface area (Å²) in [5, 5.41) is 0. The van der Waals surface area contributed by atoms with Crippen LogP contribution < -0.4 is 15.4 Å². The van der Waals surface area contributed by atoms with Crippen molar-refractivity contribution in [1.82, 2.24) is 0 Å². The van der Waals surface area contributed by atoms with Gasteiger partial charge < -0.3 is 15.4 Å². The van der Waals surface area contributed by atoms with E-state index in [2.05, 4.69) is 11.2 Å². The van der Waals surface area contributed by atoms with Gasteiger partial charge in [-0.25, -0.2) is 0 Å². The lowest BCUT2D eigenvalue weighted by Gasteiger charge is -2.22. The van der Waals surface area contributed by atoms with Gasteiger partial charge in [-0.3, -0.25) is 0 Å². The number of methoxy groups -OCH3 is 1. The maximum atomic E-state index is 5.73. The summed E-state index contributed by atoms with van der Waals surface area (Å²) in [4.78, 5) is 2.56. The molecule has 1 aromatic carbocycles. The van der Waals surface area contributed by atoms with Crippen molar-refractivity contribution in [3.8, 4) is 5.75 Å². The van der Waals surface area contributed by atoms with Crippen LogP contribution in [0, 0.1) is 0 Å². The summed E-state index contributed by atoms with van der Waals surface area (Å²) in [6.45, 7) is 0.948. The summed E-state index contributed by atoms with van der Waals surface area (Å²) in [5.74, 6) is 1.88. The number of ether oxygens (including phenoxy) is 1. The summed E-state index contributed by atoms with van der Waals surface area (Å²) in [7, 11) is 3.69. The SMILES string of the molecule is COc1ccc(C(N)=S)c(N(C)CCSC)c1. The van der Waals surface area contributed by atoms with Gasteiger partial charge in [0.05, 0.1) is 12.8 Å². The van der Waals surface area contributed by atoms with Crippen molar-refractivity contribution < 1.29 is 4.74 Å². The van der Waals surface area contributed by atoms with Gasteiger partial charge in [0.2, 0.25) is 0 Å². The first-order valence-corrected chi connectivity index (χ1v) is 7.08. The number of rotatable bonds is 6. The molecule has 3 nitrogen and oxygen atoms in total. The van der Waals surface area contributed by atoms with Gasteiger partial charge in [0, 0.05) is 31.0 Å². The molecule has 0 atom stereocenters. The highest BCUT2D eigenvalue weighted by Gasteiger charge is 2.10. The van der Waals surface area contributed by atoms with Gasteiger partial charge in [0.1, 0.15) is 10.7 Å². The Balaban J connectivity index is 3.03. The Kier molecular flexibility index (Phi) is 5.58. The number of thiocarbonyl (C=S) groups is 1. The zero-order valence-corrected chi connectivity index (χ0v) is 12.0. The molecule has 0 aliphatic heterocycles. The zero-order chi connectivity index (χ0) is 12.8. The monoisotopic (exact) mass is 270 g/mol. The van der Waals surface area contributed by atoms with Crippen LogP contribution in [0.15, 0.2) is 18.2 Å². The Morgan fingerprint density at radius 1 is 1.53 bits per heavy atom. The Bertz CT molecular complexity index is 396. The van der Waals surface area contributed by atoms with Crippen LogP contribution >= 0.6 is 24.0 Å². The van der Waals surface area contributed by atoms with E-state index in [1.54, 1.807) is 7.11 Å². The quantitative estimate of drug-likeness (QED) is 0.802. The number of hydrogen-bond donors (Lipinski definition) is 1. The molecule has 0 aliphatic rings. The van der Waals surface area contributed by atoms with Gasteiger partial charge in [-0.2, -0.15) is 11.8 Å². The van der Waals surface area contributed by atoms with Crippen LogP contribution in [0.25, 0.3) is 0 Å². The topological polar surface area (TPSA) is 38.5 Å². The third kappa shape index (κ3) is 3.78. The van der Waals surface area contributed by atoms with Gasteiger partial charge in [-0.05, 0) is 18.4 Å². The summed E-state index contributed by atoms with van der Waals surface area (Å²) in [5.41, 5.74) is 7.64. The van der Waals surface area contributed by atoms with Gasteiger partial charge in [0.25, 0.3) is 0 Å². The van der Waals surface area contributed by atoms with Crippen LogP contribution in [0.3, 0.4) is 0 Å². The molecule has 0 radical (unpaired) electrons. The highest BCUT2D eigenvalue weighted by atomic mass is 32.2. The number of nitrogens with zero attached hydrogens (tertiary/aromatic N) is 1. The Morgan fingerprint density at radius 3 is 2.76 bits per heavy atom. The molecule has 0 spiro atoms. The predicted octanol–water partition coefficient (Wildman–Crippen LogP) is 2.13. The van der Waals surface area contributed by atoms with Gasteiger partial charge in [0.15, 0.2) is 0 Å². The standard InChI is InChI=1S/C12H18N2OS2/c1-14(6-7-17-3)11-8-9(15-2)4-5-10(11)12(13)16/h4-5,8H,6-7H2,1-3H3,(H2,13,16). The molecule has 0 saturated heterocycles. The van der Waals surface area contributed by atoms with E-state index in [1.165, 1.54) is 0 Å². The largest absolute Gasteiger partial charge is 0.497 e. The van der Waals surface area contributed by atoms with Crippen LogP contribution in [0.4, 0.5) is 5.69 Å². The summed E-state index contributed by atoms with van der Waals surface area (Å²) in [6.07, 6.45) is 2.09. The Morgan fingerprint density at radius 2 is 2.24 bits per heavy atom. The van der Waals surface area contributed by atoms with E-state index < -0.39 is 0 Å². The van der Waals surface area contributed by atoms with Crippen molar-refractivity contribution in [3.63, 3.8) is 0 Å². The first-order valence-electron chi connectivity index (χ1n) is 5.28. The number of anilines is 1. The molecule has 2 N–H and O–H groups in total. The summed E-state index contributed by atoms with van der Waals surface area (Å²) < 4.78 is 5.23. The predicted molar refractivity (Wildman–Crippen MR) is 80.5 cm³/mol. The van der Waals surface area contributed by atoms with Gasteiger partial charge in [-0.1, -0.05) is 12.2 Å². The second kappa shape index (κ2) is 6.71. The highest BCUT2D eigenvalue weighted by Crippen LogP contribution is 2.25. The molecule has 0 aliphatic carbocycles. The molecule has 5 heteroatoms. The number of thioether (sulfide) groups is 1. The fourth-order valence-electron chi connectivity index (χ4n) is 1.51. The van der Waals surface area contributed by atoms with E-state index >= 15 is 0 Å². The number of hydrogen-bond acceptors (Lipinski definition) is 4. The average Bonchev–Trinajstić information content (AvgIpc) is 2.34. The highest BCUT2D eigenvalue weighted by molar-refractivity contribution is 7.98. The number of nitrogens with two attached hydrogens (primary N) is 1. The molecule has 0 aromatic heterocycles. The van der Waals surface area contributed by atoms with Crippen molar-refractivity contribution in [2.45, 2.75) is 0 Å². The lowest BCUT2D eigenvalue weighted by molar-refractivity contribution is 0.415. The lowest BCUT2D eigenvalue weighted by atomic mass is 10.1. The van der Waals surface area contributed by atoms with Crippen molar-refractivity contribution >= 4 is 34.7 Å². The zero-order valence-electron chi connectivity index (χ0n) is 10.4. The van der Waals surface area contributed by atoms with Crippen molar-refractivity contribution in [3.05, 3.63) is 23.8 Å². The first kappa shape index (κ1) is 14.1. The molecule has 0 unspecified atom stereocenters. The fourth-order valence-corrected chi connectivity index (χ4v) is 2.14. The normalized spacial score (nSPS) is 10.1. The molecular weight excluding hydrogens is 252 g/mol. The van der Waals surface area contributed by atoms with E-state index in [4.69, 9.17) is 22.7 Å². The molecular formula is C12H18N2OS2. The minimum atomic E-state index is 0.415. The van der Waals surface area contributed by atoms with Crippen LogP contribution in [0.2, 0.25) is 0 Å². The van der Waals surface area contributed by atoms with E-state index in [-0.39, 0.29) is 0 Å². The van der Waals surface area contributed by atoms with Crippen molar-refractivity contribution in [2.24, 2.45) is 5.73 Å². The third-order valence-electron chi connectivity index (χ3n) is 2.51. The maximum absolute atomic E-state index is 5.73. The van der Waals surface area contributed by atoms with E-state index in [9.17, 15) is 0 Å². The Hall–Kier alpha value is -0.940. The van der Waals surface area contributed by atoms with Gasteiger partial charge >= 0.3 is 0 Å². The molecule has 1 rings (SSSR count). The lowest BCUT2D eigenvalue weighted by Crippen LogP contribution is -2.24. The molecule has 0 heterocycles. The second-order valence-corrected chi connectivity index (χ2v) is 5.09. The minimum absolute atomic E-state index is 0.415. The average molecular weight is 270 g/mol. The second-order valence-electron chi connectivity index (χ2n) is 3.66. The minimum Gasteiger partial charge on any atom is -0.497 e. The number of benzene rings is 1. The van der Waals surface area contributed by atoms with Crippen molar-refractivity contribution in [2.75, 3.05) is 37.6 Å². The first-order chi connectivity index (χ1) is 8.10. The van der Waals surface area contributed by atoms with Crippen LogP contribution in [-0.2, 0) is 0 Å². The van der Waals surface area contributed by atoms with E-state index in [1.807, 2.05) is 37.0 Å². The summed E-state index contributed by atoms with van der Waals surface area (Å²) >= 11 is 6.88. The van der Waals surface area contributed by atoms with Crippen molar-refractivity contribution in [1.29, 1.82) is 0 Å². The van der Waals surface area contributed by atoms with Crippen LogP contribution in [0.1, 0.15) is 5.56 Å². The smallest absolute Gasteiger partial charge is 0.120 e. The maximum Gasteiger partial charge on any atom is 0.120 e. The fraction of sp³-hybridized carbons (Fsp3) is 0.417. The molecule has 17 heavy (non-hydrogen) atoms. The summed E-state index contributed by atoms with van der Waals surface area (Å²) in [6, 6.07) is 5.75. The van der Waals surface area contributed by atoms with Crippen LogP contribution in [-0.4, -0.2) is 37.7 Å². The molecule has 0 bridgehead atoms. The third-order valence-corrected chi connectivity index (χ3v) is 3.32.